The Morgan fingerprint density at radius 2 is 1.89 bits per heavy atom. The Morgan fingerprint density at radius 1 is 1.28 bits per heavy atom. The van der Waals surface area contributed by atoms with Gasteiger partial charge in [0.15, 0.2) is 0 Å². The lowest BCUT2D eigenvalue weighted by atomic mass is 10.0. The Balaban J connectivity index is 1.98. The van der Waals surface area contributed by atoms with E-state index in [2.05, 4.69) is 5.32 Å². The van der Waals surface area contributed by atoms with Crippen molar-refractivity contribution in [3.63, 3.8) is 0 Å². The molecule has 100 valence electrons. The van der Waals surface area contributed by atoms with Crippen molar-refractivity contribution < 1.29 is 13.9 Å². The molecule has 18 heavy (non-hydrogen) atoms. The molecule has 4 heteroatoms. The van der Waals surface area contributed by atoms with Gasteiger partial charge in [0, 0.05) is 12.6 Å². The molecule has 0 aliphatic heterocycles. The fraction of sp³-hybridized carbons (Fsp3) is 0.571. The predicted molar refractivity (Wildman–Crippen MR) is 66.7 cm³/mol. The standard InChI is InChI=1S/C14H19F2NO/c1-9-2-4-10(5-3-9)13(11-6-7-11)17-8-12(18)14(15)16/h2-5,11-14,17-18H,6-8H2,1H3. The number of benzene rings is 1. The van der Waals surface area contributed by atoms with Crippen LogP contribution in [0, 0.1) is 12.8 Å². The van der Waals surface area contributed by atoms with Crippen molar-refractivity contribution in [2.24, 2.45) is 5.92 Å². The Morgan fingerprint density at radius 3 is 2.39 bits per heavy atom. The summed E-state index contributed by atoms with van der Waals surface area (Å²) in [6.07, 6.45) is -2.03. The van der Waals surface area contributed by atoms with E-state index in [9.17, 15) is 8.78 Å². The van der Waals surface area contributed by atoms with Gasteiger partial charge >= 0.3 is 0 Å². The van der Waals surface area contributed by atoms with Crippen molar-refractivity contribution in [3.8, 4) is 0 Å². The maximum atomic E-state index is 12.3. The molecule has 0 saturated heterocycles. The summed E-state index contributed by atoms with van der Waals surface area (Å²) in [6.45, 7) is 1.95. The van der Waals surface area contributed by atoms with Crippen molar-refractivity contribution in [1.29, 1.82) is 0 Å². The van der Waals surface area contributed by atoms with Crippen molar-refractivity contribution in [2.45, 2.75) is 38.3 Å². The molecule has 0 bridgehead atoms. The van der Waals surface area contributed by atoms with Crippen LogP contribution in [0.3, 0.4) is 0 Å². The van der Waals surface area contributed by atoms with E-state index >= 15 is 0 Å². The van der Waals surface area contributed by atoms with Gasteiger partial charge in [-0.2, -0.15) is 0 Å². The first-order chi connectivity index (χ1) is 8.58. The molecule has 2 N–H and O–H groups in total. The van der Waals surface area contributed by atoms with Gasteiger partial charge in [0.1, 0.15) is 6.10 Å². The largest absolute Gasteiger partial charge is 0.386 e. The third-order valence-electron chi connectivity index (χ3n) is 3.37. The SMILES string of the molecule is Cc1ccc(C(NCC(O)C(F)F)C2CC2)cc1. The summed E-state index contributed by atoms with van der Waals surface area (Å²) in [7, 11) is 0. The van der Waals surface area contributed by atoms with Gasteiger partial charge in [-0.15, -0.1) is 0 Å². The molecule has 0 aromatic heterocycles. The summed E-state index contributed by atoms with van der Waals surface area (Å²) in [5.41, 5.74) is 2.30. The fourth-order valence-corrected chi connectivity index (χ4v) is 2.10. The maximum Gasteiger partial charge on any atom is 0.265 e. The van der Waals surface area contributed by atoms with Gasteiger partial charge < -0.3 is 10.4 Å². The number of aliphatic hydroxyl groups excluding tert-OH is 1. The first-order valence-electron chi connectivity index (χ1n) is 6.34. The zero-order valence-corrected chi connectivity index (χ0v) is 10.4. The van der Waals surface area contributed by atoms with Crippen LogP contribution in [0.1, 0.15) is 30.0 Å². The molecular weight excluding hydrogens is 236 g/mol. The van der Waals surface area contributed by atoms with E-state index < -0.39 is 12.5 Å². The van der Waals surface area contributed by atoms with Crippen LogP contribution in [0.5, 0.6) is 0 Å². The Hall–Kier alpha value is -1.00. The van der Waals surface area contributed by atoms with Crippen molar-refractivity contribution in [2.75, 3.05) is 6.54 Å². The van der Waals surface area contributed by atoms with Gasteiger partial charge in [-0.05, 0) is 31.2 Å². The Labute approximate surface area is 106 Å². The molecule has 1 saturated carbocycles. The minimum atomic E-state index is -2.68. The van der Waals surface area contributed by atoms with E-state index in [0.717, 1.165) is 18.4 Å². The highest BCUT2D eigenvalue weighted by atomic mass is 19.3. The minimum absolute atomic E-state index is 0.0628. The highest BCUT2D eigenvalue weighted by molar-refractivity contribution is 5.25. The monoisotopic (exact) mass is 255 g/mol. The second kappa shape index (κ2) is 5.76. The van der Waals surface area contributed by atoms with Gasteiger partial charge in [0.25, 0.3) is 6.43 Å². The quantitative estimate of drug-likeness (QED) is 0.819. The summed E-state index contributed by atoms with van der Waals surface area (Å²) >= 11 is 0. The van der Waals surface area contributed by atoms with Gasteiger partial charge in [0.2, 0.25) is 0 Å². The number of hydrogen-bond donors (Lipinski definition) is 2. The van der Waals surface area contributed by atoms with Gasteiger partial charge in [-0.25, -0.2) is 8.78 Å². The summed E-state index contributed by atoms with van der Waals surface area (Å²) < 4.78 is 24.5. The zero-order valence-electron chi connectivity index (χ0n) is 10.4. The van der Waals surface area contributed by atoms with Gasteiger partial charge in [-0.1, -0.05) is 29.8 Å². The third kappa shape index (κ3) is 3.50. The average molecular weight is 255 g/mol. The Bertz CT molecular complexity index is 376. The minimum Gasteiger partial charge on any atom is -0.386 e. The van der Waals surface area contributed by atoms with E-state index in [1.165, 1.54) is 5.56 Å². The van der Waals surface area contributed by atoms with Crippen LogP contribution in [0.15, 0.2) is 24.3 Å². The first kappa shape index (κ1) is 13.4. The number of aliphatic hydroxyl groups is 1. The highest BCUT2D eigenvalue weighted by Crippen LogP contribution is 2.41. The molecule has 1 aliphatic rings. The Kier molecular flexibility index (Phi) is 4.30. The predicted octanol–water partition coefficient (Wildman–Crippen LogP) is 2.66. The number of hydrogen-bond acceptors (Lipinski definition) is 2. The van der Waals surface area contributed by atoms with E-state index in [-0.39, 0.29) is 12.6 Å². The van der Waals surface area contributed by atoms with E-state index in [4.69, 9.17) is 5.11 Å². The number of halogens is 2. The summed E-state index contributed by atoms with van der Waals surface area (Å²) in [5.74, 6) is 0.512. The molecule has 2 nitrogen and oxygen atoms in total. The normalized spacial score (nSPS) is 18.9. The maximum absolute atomic E-state index is 12.3. The van der Waals surface area contributed by atoms with Gasteiger partial charge in [0.05, 0.1) is 0 Å². The molecule has 2 unspecified atom stereocenters. The van der Waals surface area contributed by atoms with Crippen LogP contribution in [0.4, 0.5) is 8.78 Å². The molecule has 0 spiro atoms. The van der Waals surface area contributed by atoms with E-state index in [0.29, 0.717) is 5.92 Å². The lowest BCUT2D eigenvalue weighted by molar-refractivity contribution is -0.00500. The molecule has 2 atom stereocenters. The molecule has 1 fully saturated rings. The van der Waals surface area contributed by atoms with Crippen LogP contribution >= 0.6 is 0 Å². The average Bonchev–Trinajstić information content (AvgIpc) is 3.15. The summed E-state index contributed by atoms with van der Waals surface area (Å²) in [5, 5.41) is 12.2. The smallest absolute Gasteiger partial charge is 0.265 e. The summed E-state index contributed by atoms with van der Waals surface area (Å²) in [6, 6.07) is 8.19. The van der Waals surface area contributed by atoms with E-state index in [1.54, 1.807) is 0 Å². The molecule has 0 heterocycles. The van der Waals surface area contributed by atoms with Crippen LogP contribution in [0.2, 0.25) is 0 Å². The van der Waals surface area contributed by atoms with Gasteiger partial charge in [-0.3, -0.25) is 0 Å². The van der Waals surface area contributed by atoms with Crippen LogP contribution in [0.25, 0.3) is 0 Å². The molecule has 0 amide bonds. The molecule has 0 radical (unpaired) electrons. The first-order valence-corrected chi connectivity index (χ1v) is 6.34. The van der Waals surface area contributed by atoms with Crippen LogP contribution in [-0.2, 0) is 0 Å². The lowest BCUT2D eigenvalue weighted by Crippen LogP contribution is -2.35. The summed E-state index contributed by atoms with van der Waals surface area (Å²) in [4.78, 5) is 0. The van der Waals surface area contributed by atoms with Crippen molar-refractivity contribution in [3.05, 3.63) is 35.4 Å². The van der Waals surface area contributed by atoms with Crippen molar-refractivity contribution >= 4 is 0 Å². The second-order valence-electron chi connectivity index (χ2n) is 5.04. The molecular formula is C14H19F2NO. The van der Waals surface area contributed by atoms with Crippen molar-refractivity contribution in [1.82, 2.24) is 5.32 Å². The molecule has 1 aromatic rings. The number of alkyl halides is 2. The van der Waals surface area contributed by atoms with Crippen LogP contribution in [-0.4, -0.2) is 24.2 Å². The number of aryl methyl sites for hydroxylation is 1. The number of rotatable bonds is 6. The molecule has 1 aliphatic carbocycles. The zero-order chi connectivity index (χ0) is 13.1. The topological polar surface area (TPSA) is 32.3 Å². The fourth-order valence-electron chi connectivity index (χ4n) is 2.10. The molecule has 2 rings (SSSR count). The van der Waals surface area contributed by atoms with Crippen LogP contribution < -0.4 is 5.32 Å². The molecule has 1 aromatic carbocycles. The second-order valence-corrected chi connectivity index (χ2v) is 5.04. The highest BCUT2D eigenvalue weighted by Gasteiger charge is 2.32. The lowest BCUT2D eigenvalue weighted by Gasteiger charge is -2.21. The third-order valence-corrected chi connectivity index (χ3v) is 3.37. The number of nitrogens with one attached hydrogen (secondary N) is 1. The van der Waals surface area contributed by atoms with E-state index in [1.807, 2.05) is 31.2 Å².